The summed E-state index contributed by atoms with van der Waals surface area (Å²) in [5, 5.41) is 6.75. The minimum atomic E-state index is -0.645. The lowest BCUT2D eigenvalue weighted by Crippen LogP contribution is -2.43. The monoisotopic (exact) mass is 426 g/mol. The van der Waals surface area contributed by atoms with Gasteiger partial charge in [0.2, 0.25) is 0 Å². The smallest absolute Gasteiger partial charge is 0.255 e. The van der Waals surface area contributed by atoms with Crippen LogP contribution in [-0.4, -0.2) is 42.1 Å². The topological polar surface area (TPSA) is 57.3 Å². The van der Waals surface area contributed by atoms with E-state index in [0.717, 1.165) is 57.8 Å². The van der Waals surface area contributed by atoms with Crippen molar-refractivity contribution in [2.45, 2.75) is 50.6 Å². The van der Waals surface area contributed by atoms with Gasteiger partial charge >= 0.3 is 0 Å². The van der Waals surface area contributed by atoms with Gasteiger partial charge in [0.25, 0.3) is 5.91 Å². The largest absolute Gasteiger partial charge is 0.368 e. The van der Waals surface area contributed by atoms with E-state index in [1.54, 1.807) is 12.4 Å². The number of rotatable bonds is 5. The molecule has 0 radical (unpaired) electrons. The molecule has 0 bridgehead atoms. The van der Waals surface area contributed by atoms with Crippen molar-refractivity contribution in [3.05, 3.63) is 47.8 Å². The Morgan fingerprint density at radius 3 is 2.68 bits per heavy atom. The number of amides is 1. The molecule has 2 aliphatic heterocycles. The van der Waals surface area contributed by atoms with Gasteiger partial charge in [-0.1, -0.05) is 0 Å². The van der Waals surface area contributed by atoms with Crippen molar-refractivity contribution in [2.75, 3.05) is 24.5 Å². The van der Waals surface area contributed by atoms with Gasteiger partial charge in [0.1, 0.15) is 11.6 Å². The van der Waals surface area contributed by atoms with Crippen LogP contribution in [0, 0.1) is 17.6 Å². The fraction of sp³-hybridized carbons (Fsp3) is 0.500. The van der Waals surface area contributed by atoms with E-state index in [1.165, 1.54) is 12.1 Å². The summed E-state index contributed by atoms with van der Waals surface area (Å²) >= 11 is 0. The maximum absolute atomic E-state index is 14.0. The average Bonchev–Trinajstić information content (AvgIpc) is 3.37. The fourth-order valence-electron chi connectivity index (χ4n) is 5.16. The second kappa shape index (κ2) is 7.86. The molecule has 1 aliphatic carbocycles. The number of halogens is 2. The van der Waals surface area contributed by atoms with Gasteiger partial charge in [0.15, 0.2) is 0 Å². The third kappa shape index (κ3) is 4.03. The number of nitrogens with one attached hydrogen (secondary N) is 2. The second-order valence-corrected chi connectivity index (χ2v) is 9.32. The Labute approximate surface area is 181 Å². The maximum Gasteiger partial charge on any atom is 0.255 e. The third-order valence-corrected chi connectivity index (χ3v) is 7.03. The molecule has 3 fully saturated rings. The first-order chi connectivity index (χ1) is 14.9. The van der Waals surface area contributed by atoms with Crippen LogP contribution in [0.1, 0.15) is 49.4 Å². The molecule has 2 aromatic rings. The Morgan fingerprint density at radius 2 is 2.00 bits per heavy atom. The highest BCUT2D eigenvalue weighted by molar-refractivity contribution is 6.03. The minimum absolute atomic E-state index is 0.0444. The molecule has 1 saturated carbocycles. The molecule has 31 heavy (non-hydrogen) atoms. The first kappa shape index (κ1) is 20.4. The van der Waals surface area contributed by atoms with Gasteiger partial charge in [0, 0.05) is 48.7 Å². The molecule has 5 nitrogen and oxygen atoms in total. The van der Waals surface area contributed by atoms with Crippen LogP contribution in [0.5, 0.6) is 0 Å². The molecule has 1 spiro atoms. The zero-order chi connectivity index (χ0) is 21.6. The van der Waals surface area contributed by atoms with E-state index in [0.29, 0.717) is 28.3 Å². The predicted molar refractivity (Wildman–Crippen MR) is 116 cm³/mol. The summed E-state index contributed by atoms with van der Waals surface area (Å²) in [6.07, 6.45) is 8.67. The number of nitrogens with zero attached hydrogens (tertiary/aromatic N) is 2. The average molecular weight is 427 g/mol. The number of pyridine rings is 1. The SMILES string of the molecule is C[C@@H](NC(=O)c1cncc(-c2cc(F)cc(F)c2)c1N1CCC2(CCCN2)C1)C1CC1. The summed E-state index contributed by atoms with van der Waals surface area (Å²) in [5.41, 5.74) is 2.20. The summed E-state index contributed by atoms with van der Waals surface area (Å²) in [7, 11) is 0. The van der Waals surface area contributed by atoms with Crippen LogP contribution >= 0.6 is 0 Å². The lowest BCUT2D eigenvalue weighted by atomic mass is 9.96. The molecule has 7 heteroatoms. The summed E-state index contributed by atoms with van der Waals surface area (Å²) < 4.78 is 28.1. The predicted octanol–water partition coefficient (Wildman–Crippen LogP) is 3.89. The molecule has 2 N–H and O–H groups in total. The molecule has 5 rings (SSSR count). The first-order valence-corrected chi connectivity index (χ1v) is 11.2. The molecular weight excluding hydrogens is 398 g/mol. The van der Waals surface area contributed by atoms with E-state index >= 15 is 0 Å². The highest BCUT2D eigenvalue weighted by Gasteiger charge is 2.41. The molecule has 2 atom stereocenters. The van der Waals surface area contributed by atoms with Crippen molar-refractivity contribution < 1.29 is 13.6 Å². The Hall–Kier alpha value is -2.54. The molecule has 1 amide bonds. The molecule has 1 aromatic carbocycles. The van der Waals surface area contributed by atoms with E-state index in [4.69, 9.17) is 0 Å². The van der Waals surface area contributed by atoms with Crippen molar-refractivity contribution in [3.63, 3.8) is 0 Å². The molecule has 3 heterocycles. The van der Waals surface area contributed by atoms with E-state index in [-0.39, 0.29) is 17.5 Å². The van der Waals surface area contributed by atoms with Crippen molar-refractivity contribution >= 4 is 11.6 Å². The summed E-state index contributed by atoms with van der Waals surface area (Å²) in [6, 6.07) is 3.56. The Kier molecular flexibility index (Phi) is 5.16. The van der Waals surface area contributed by atoms with Crippen LogP contribution < -0.4 is 15.5 Å². The number of carbonyl (C=O) groups is 1. The number of aromatic nitrogens is 1. The Morgan fingerprint density at radius 1 is 1.23 bits per heavy atom. The van der Waals surface area contributed by atoms with Crippen LogP contribution in [0.15, 0.2) is 30.6 Å². The number of carbonyl (C=O) groups excluding carboxylic acids is 1. The van der Waals surface area contributed by atoms with Crippen LogP contribution in [-0.2, 0) is 0 Å². The van der Waals surface area contributed by atoms with Crippen LogP contribution in [0.2, 0.25) is 0 Å². The number of benzene rings is 1. The maximum atomic E-state index is 14.0. The van der Waals surface area contributed by atoms with E-state index in [1.807, 2.05) is 6.92 Å². The quantitative estimate of drug-likeness (QED) is 0.762. The lowest BCUT2D eigenvalue weighted by Gasteiger charge is -2.28. The normalized spacial score (nSPS) is 24.0. The minimum Gasteiger partial charge on any atom is -0.368 e. The first-order valence-electron chi connectivity index (χ1n) is 11.2. The van der Waals surface area contributed by atoms with Gasteiger partial charge in [0.05, 0.1) is 11.3 Å². The van der Waals surface area contributed by atoms with Crippen molar-refractivity contribution in [2.24, 2.45) is 5.92 Å². The van der Waals surface area contributed by atoms with Gasteiger partial charge < -0.3 is 15.5 Å². The standard InChI is InChI=1S/C24H28F2N4O/c1-15(16-3-4-16)29-23(31)21-13-27-12-20(17-9-18(25)11-19(26)10-17)22(21)30-8-6-24(14-30)5-2-7-28-24/h9-13,15-16,28H,2-8,14H2,1H3,(H,29,31)/t15-,24?/m1/s1. The molecule has 2 saturated heterocycles. The van der Waals surface area contributed by atoms with E-state index in [9.17, 15) is 13.6 Å². The lowest BCUT2D eigenvalue weighted by molar-refractivity contribution is 0.0936. The zero-order valence-corrected chi connectivity index (χ0v) is 17.8. The molecule has 164 valence electrons. The zero-order valence-electron chi connectivity index (χ0n) is 17.8. The highest BCUT2D eigenvalue weighted by atomic mass is 19.1. The van der Waals surface area contributed by atoms with E-state index < -0.39 is 11.6 Å². The molecular formula is C24H28F2N4O. The third-order valence-electron chi connectivity index (χ3n) is 7.03. The fourth-order valence-corrected chi connectivity index (χ4v) is 5.16. The van der Waals surface area contributed by atoms with Gasteiger partial charge in [-0.05, 0) is 69.2 Å². The number of hydrogen-bond acceptors (Lipinski definition) is 4. The van der Waals surface area contributed by atoms with Crippen molar-refractivity contribution in [3.8, 4) is 11.1 Å². The Bertz CT molecular complexity index is 981. The number of hydrogen-bond donors (Lipinski definition) is 2. The Balaban J connectivity index is 1.56. The highest BCUT2D eigenvalue weighted by Crippen LogP contribution is 2.40. The van der Waals surface area contributed by atoms with Crippen LogP contribution in [0.3, 0.4) is 0 Å². The number of anilines is 1. The second-order valence-electron chi connectivity index (χ2n) is 9.32. The van der Waals surface area contributed by atoms with Crippen LogP contribution in [0.25, 0.3) is 11.1 Å². The van der Waals surface area contributed by atoms with Crippen molar-refractivity contribution in [1.82, 2.24) is 15.6 Å². The van der Waals surface area contributed by atoms with Gasteiger partial charge in [-0.15, -0.1) is 0 Å². The summed E-state index contributed by atoms with van der Waals surface area (Å²) in [5.74, 6) is -0.943. The molecule has 1 unspecified atom stereocenters. The van der Waals surface area contributed by atoms with Gasteiger partial charge in [-0.3, -0.25) is 9.78 Å². The van der Waals surface area contributed by atoms with Gasteiger partial charge in [-0.2, -0.15) is 0 Å². The van der Waals surface area contributed by atoms with Crippen LogP contribution in [0.4, 0.5) is 14.5 Å². The molecule has 3 aliphatic rings. The summed E-state index contributed by atoms with van der Waals surface area (Å²) in [4.78, 5) is 19.7. The van der Waals surface area contributed by atoms with Crippen molar-refractivity contribution in [1.29, 1.82) is 0 Å². The molecule has 1 aromatic heterocycles. The van der Waals surface area contributed by atoms with Gasteiger partial charge in [-0.25, -0.2) is 8.78 Å². The van der Waals surface area contributed by atoms with E-state index in [2.05, 4.69) is 20.5 Å². The summed E-state index contributed by atoms with van der Waals surface area (Å²) in [6.45, 7) is 4.57.